The molecule has 186 valence electrons. The zero-order valence-corrected chi connectivity index (χ0v) is 20.5. The van der Waals surface area contributed by atoms with Crippen LogP contribution in [0, 0.1) is 5.92 Å². The van der Waals surface area contributed by atoms with Crippen molar-refractivity contribution in [2.45, 2.75) is 57.4 Å². The molecule has 4 rings (SSSR count). The maximum Gasteiger partial charge on any atom is 0.407 e. The Kier molecular flexibility index (Phi) is 7.43. The van der Waals surface area contributed by atoms with Gasteiger partial charge in [0.2, 0.25) is 5.91 Å². The van der Waals surface area contributed by atoms with E-state index in [1.165, 1.54) is 16.0 Å². The highest BCUT2D eigenvalue weighted by atomic mass is 16.5. The Balaban J connectivity index is 1.31. The molecule has 1 aliphatic heterocycles. The maximum absolute atomic E-state index is 13.0. The van der Waals surface area contributed by atoms with Gasteiger partial charge in [0.15, 0.2) is 0 Å². The topological polar surface area (TPSA) is 95.9 Å². The summed E-state index contributed by atoms with van der Waals surface area (Å²) in [6, 6.07) is 16.4. The number of carbonyl (C=O) groups is 3. The number of rotatable bonds is 9. The number of hydrogen-bond acceptors (Lipinski definition) is 4. The summed E-state index contributed by atoms with van der Waals surface area (Å²) in [6.07, 6.45) is 1.96. The molecule has 1 aliphatic carbocycles. The first kappa shape index (κ1) is 24.8. The van der Waals surface area contributed by atoms with Crippen LogP contribution < -0.4 is 5.32 Å². The van der Waals surface area contributed by atoms with E-state index in [-0.39, 0.29) is 30.8 Å². The van der Waals surface area contributed by atoms with Gasteiger partial charge in [0.1, 0.15) is 12.1 Å². The third-order valence-corrected chi connectivity index (χ3v) is 7.69. The Labute approximate surface area is 206 Å². The fourth-order valence-electron chi connectivity index (χ4n) is 5.58. The first-order valence-electron chi connectivity index (χ1n) is 12.5. The van der Waals surface area contributed by atoms with E-state index in [2.05, 4.69) is 29.6 Å². The SMILES string of the molecule is CCC(CNC(=O)OCC1c2ccccc2-c2ccccc21)CC(=O)N1CCCC1(CC)C(=O)O. The third kappa shape index (κ3) is 4.77. The number of carbonyl (C=O) groups excluding carboxylic acids is 2. The lowest BCUT2D eigenvalue weighted by atomic mass is 9.92. The summed E-state index contributed by atoms with van der Waals surface area (Å²) in [5.41, 5.74) is 3.56. The molecule has 0 radical (unpaired) electrons. The minimum absolute atomic E-state index is 0.00921. The Morgan fingerprint density at radius 3 is 2.29 bits per heavy atom. The fraction of sp³-hybridized carbons (Fsp3) is 0.464. The number of nitrogens with zero attached hydrogens (tertiary/aromatic N) is 1. The number of carboxylic acids is 1. The Bertz CT molecular complexity index is 1050. The van der Waals surface area contributed by atoms with Crippen molar-refractivity contribution in [3.8, 4) is 11.1 Å². The molecule has 2 unspecified atom stereocenters. The average Bonchev–Trinajstić information content (AvgIpc) is 3.45. The second-order valence-electron chi connectivity index (χ2n) is 9.52. The van der Waals surface area contributed by atoms with E-state index in [4.69, 9.17) is 4.74 Å². The molecule has 0 aromatic heterocycles. The van der Waals surface area contributed by atoms with E-state index in [1.807, 2.05) is 38.1 Å². The van der Waals surface area contributed by atoms with Crippen LogP contribution in [0.4, 0.5) is 4.79 Å². The Morgan fingerprint density at radius 2 is 1.71 bits per heavy atom. The monoisotopic (exact) mass is 478 g/mol. The van der Waals surface area contributed by atoms with Crippen molar-refractivity contribution in [2.24, 2.45) is 5.92 Å². The number of hydrogen-bond donors (Lipinski definition) is 2. The molecule has 0 saturated carbocycles. The molecule has 2 amide bonds. The highest BCUT2D eigenvalue weighted by Crippen LogP contribution is 2.44. The maximum atomic E-state index is 13.0. The number of amides is 2. The summed E-state index contributed by atoms with van der Waals surface area (Å²) in [7, 11) is 0. The van der Waals surface area contributed by atoms with Crippen molar-refractivity contribution in [1.82, 2.24) is 10.2 Å². The molecular formula is C28H34N2O5. The van der Waals surface area contributed by atoms with E-state index in [0.29, 0.717) is 38.8 Å². The summed E-state index contributed by atoms with van der Waals surface area (Å²) in [6.45, 7) is 4.79. The molecular weight excluding hydrogens is 444 g/mol. The molecule has 1 fully saturated rings. The third-order valence-electron chi connectivity index (χ3n) is 7.69. The summed E-state index contributed by atoms with van der Waals surface area (Å²) in [5, 5.41) is 12.6. The van der Waals surface area contributed by atoms with Crippen LogP contribution in [-0.2, 0) is 14.3 Å². The van der Waals surface area contributed by atoms with E-state index >= 15 is 0 Å². The number of alkyl carbamates (subject to hydrolysis) is 1. The predicted molar refractivity (Wildman–Crippen MR) is 133 cm³/mol. The van der Waals surface area contributed by atoms with Crippen molar-refractivity contribution in [3.05, 3.63) is 59.7 Å². The number of nitrogens with one attached hydrogen (secondary N) is 1. The van der Waals surface area contributed by atoms with Crippen molar-refractivity contribution in [2.75, 3.05) is 19.7 Å². The van der Waals surface area contributed by atoms with Crippen LogP contribution in [0.2, 0.25) is 0 Å². The van der Waals surface area contributed by atoms with Gasteiger partial charge in [0.05, 0.1) is 0 Å². The largest absolute Gasteiger partial charge is 0.479 e. The lowest BCUT2D eigenvalue weighted by Crippen LogP contribution is -2.53. The van der Waals surface area contributed by atoms with Crippen LogP contribution in [0.15, 0.2) is 48.5 Å². The van der Waals surface area contributed by atoms with Gasteiger partial charge in [-0.25, -0.2) is 9.59 Å². The van der Waals surface area contributed by atoms with Gasteiger partial charge in [-0.05, 0) is 47.4 Å². The average molecular weight is 479 g/mol. The molecule has 0 spiro atoms. The lowest BCUT2D eigenvalue weighted by Gasteiger charge is -2.34. The summed E-state index contributed by atoms with van der Waals surface area (Å²) >= 11 is 0. The van der Waals surface area contributed by atoms with E-state index < -0.39 is 17.6 Å². The molecule has 2 aromatic rings. The van der Waals surface area contributed by atoms with Crippen molar-refractivity contribution in [3.63, 3.8) is 0 Å². The van der Waals surface area contributed by atoms with Gasteiger partial charge >= 0.3 is 12.1 Å². The highest BCUT2D eigenvalue weighted by Gasteiger charge is 2.48. The van der Waals surface area contributed by atoms with E-state index in [1.54, 1.807) is 0 Å². The molecule has 2 N–H and O–H groups in total. The first-order valence-corrected chi connectivity index (χ1v) is 12.5. The molecule has 2 atom stereocenters. The second kappa shape index (κ2) is 10.5. The van der Waals surface area contributed by atoms with Crippen LogP contribution in [0.25, 0.3) is 11.1 Å². The van der Waals surface area contributed by atoms with Crippen LogP contribution in [0.1, 0.15) is 63.0 Å². The molecule has 1 saturated heterocycles. The van der Waals surface area contributed by atoms with Gasteiger partial charge in [-0.15, -0.1) is 0 Å². The van der Waals surface area contributed by atoms with Crippen molar-refractivity contribution >= 4 is 18.0 Å². The number of carboxylic acid groups (broad SMARTS) is 1. The lowest BCUT2D eigenvalue weighted by molar-refractivity contribution is -0.157. The second-order valence-corrected chi connectivity index (χ2v) is 9.52. The number of likely N-dealkylation sites (tertiary alicyclic amines) is 1. The van der Waals surface area contributed by atoms with Gasteiger partial charge in [0, 0.05) is 25.4 Å². The minimum atomic E-state index is -1.10. The molecule has 35 heavy (non-hydrogen) atoms. The van der Waals surface area contributed by atoms with Crippen molar-refractivity contribution in [1.29, 1.82) is 0 Å². The summed E-state index contributed by atoms with van der Waals surface area (Å²) in [5.74, 6) is -1.19. The number of benzene rings is 2. The molecule has 1 heterocycles. The number of fused-ring (bicyclic) bond motifs is 3. The van der Waals surface area contributed by atoms with Crippen LogP contribution in [-0.4, -0.2) is 53.2 Å². The molecule has 2 aromatic carbocycles. The first-order chi connectivity index (χ1) is 16.9. The zero-order valence-electron chi connectivity index (χ0n) is 20.5. The van der Waals surface area contributed by atoms with E-state index in [9.17, 15) is 19.5 Å². The highest BCUT2D eigenvalue weighted by molar-refractivity contribution is 5.88. The zero-order chi connectivity index (χ0) is 25.0. The minimum Gasteiger partial charge on any atom is -0.479 e. The standard InChI is InChI=1S/C28H34N2O5/c1-3-19(16-25(31)30-15-9-14-28(30,4-2)26(32)33)17-29-27(34)35-18-24-22-12-7-5-10-20(22)21-11-6-8-13-23(21)24/h5-8,10-13,19,24H,3-4,9,14-18H2,1-2H3,(H,29,34)(H,32,33). The van der Waals surface area contributed by atoms with Gasteiger partial charge < -0.3 is 20.1 Å². The van der Waals surface area contributed by atoms with Crippen LogP contribution in [0.3, 0.4) is 0 Å². The van der Waals surface area contributed by atoms with Crippen LogP contribution >= 0.6 is 0 Å². The normalized spacial score (nSPS) is 19.7. The number of ether oxygens (including phenoxy) is 1. The van der Waals surface area contributed by atoms with Crippen LogP contribution in [0.5, 0.6) is 0 Å². The summed E-state index contributed by atoms with van der Waals surface area (Å²) in [4.78, 5) is 38.9. The van der Waals surface area contributed by atoms with Crippen molar-refractivity contribution < 1.29 is 24.2 Å². The van der Waals surface area contributed by atoms with Gasteiger partial charge in [-0.2, -0.15) is 0 Å². The van der Waals surface area contributed by atoms with Gasteiger partial charge in [-0.3, -0.25) is 4.79 Å². The van der Waals surface area contributed by atoms with Gasteiger partial charge in [-0.1, -0.05) is 68.8 Å². The van der Waals surface area contributed by atoms with Gasteiger partial charge in [0.25, 0.3) is 0 Å². The molecule has 0 bridgehead atoms. The molecule has 7 heteroatoms. The number of aliphatic carboxylic acids is 1. The smallest absolute Gasteiger partial charge is 0.407 e. The Hall–Kier alpha value is -3.35. The Morgan fingerprint density at radius 1 is 1.09 bits per heavy atom. The molecule has 2 aliphatic rings. The fourth-order valence-corrected chi connectivity index (χ4v) is 5.58. The van der Waals surface area contributed by atoms with E-state index in [0.717, 1.165) is 11.1 Å². The quantitative estimate of drug-likeness (QED) is 0.540. The summed E-state index contributed by atoms with van der Waals surface area (Å²) < 4.78 is 5.60. The predicted octanol–water partition coefficient (Wildman–Crippen LogP) is 4.80. The molecule has 7 nitrogen and oxygen atoms in total.